The van der Waals surface area contributed by atoms with Crippen LogP contribution in [0.25, 0.3) is 16.2 Å². The summed E-state index contributed by atoms with van der Waals surface area (Å²) < 4.78 is 1.70. The van der Waals surface area contributed by atoms with E-state index in [0.717, 1.165) is 16.2 Å². The molecule has 6 nitrogen and oxygen atoms in total. The first-order chi connectivity index (χ1) is 8.97. The molecule has 0 aliphatic rings. The lowest BCUT2D eigenvalue weighted by molar-refractivity contribution is 0.571. The Bertz CT molecular complexity index is 736. The molecule has 0 bridgehead atoms. The Kier molecular flexibility index (Phi) is 2.53. The number of nitrogens with two attached hydrogens (primary N) is 1. The van der Waals surface area contributed by atoms with E-state index in [9.17, 15) is 0 Å². The van der Waals surface area contributed by atoms with Crippen molar-refractivity contribution in [3.8, 4) is 5.13 Å². The fourth-order valence-electron chi connectivity index (χ4n) is 1.71. The molecule has 0 atom stereocenters. The minimum Gasteiger partial charge on any atom is -0.383 e. The fraction of sp³-hybridized carbons (Fsp3) is 0.333. The van der Waals surface area contributed by atoms with E-state index in [1.807, 2.05) is 5.38 Å². The van der Waals surface area contributed by atoms with E-state index in [0.29, 0.717) is 11.5 Å². The Balaban J connectivity index is 2.15. The van der Waals surface area contributed by atoms with E-state index >= 15 is 0 Å². The average Bonchev–Trinajstić information content (AvgIpc) is 2.93. The van der Waals surface area contributed by atoms with Crippen molar-refractivity contribution in [2.45, 2.75) is 26.2 Å². The molecular weight excluding hydrogens is 260 g/mol. The number of thiazole rings is 1. The fourth-order valence-corrected chi connectivity index (χ4v) is 2.72. The number of hydrogen-bond donors (Lipinski definition) is 1. The van der Waals surface area contributed by atoms with Crippen LogP contribution in [0.4, 0.5) is 5.82 Å². The summed E-state index contributed by atoms with van der Waals surface area (Å²) in [6, 6.07) is 0. The molecule has 3 heterocycles. The standard InChI is InChI=1S/C12H14N6S/c1-12(2,3)8-5-19-11(17-8)18-10-7(4-16-18)9(13)14-6-15-10/h4-6H,1-3H3,(H2,13,14,15). The van der Waals surface area contributed by atoms with Gasteiger partial charge in [0.05, 0.1) is 17.3 Å². The molecule has 0 saturated carbocycles. The van der Waals surface area contributed by atoms with Gasteiger partial charge in [-0.1, -0.05) is 20.8 Å². The van der Waals surface area contributed by atoms with Gasteiger partial charge in [0.2, 0.25) is 5.13 Å². The molecule has 0 aliphatic carbocycles. The maximum Gasteiger partial charge on any atom is 0.212 e. The van der Waals surface area contributed by atoms with Crippen molar-refractivity contribution < 1.29 is 0 Å². The lowest BCUT2D eigenvalue weighted by Gasteiger charge is -2.14. The molecule has 0 fully saturated rings. The summed E-state index contributed by atoms with van der Waals surface area (Å²) in [6.07, 6.45) is 3.11. The Morgan fingerprint density at radius 2 is 2.05 bits per heavy atom. The van der Waals surface area contributed by atoms with E-state index in [-0.39, 0.29) is 5.41 Å². The molecule has 98 valence electrons. The van der Waals surface area contributed by atoms with Crippen molar-refractivity contribution in [2.75, 3.05) is 5.73 Å². The van der Waals surface area contributed by atoms with Crippen LogP contribution >= 0.6 is 11.3 Å². The molecule has 0 unspecified atom stereocenters. The largest absolute Gasteiger partial charge is 0.383 e. The third-order valence-electron chi connectivity index (χ3n) is 2.84. The first-order valence-corrected chi connectivity index (χ1v) is 6.75. The van der Waals surface area contributed by atoms with Crippen molar-refractivity contribution in [1.82, 2.24) is 24.7 Å². The molecule has 0 amide bonds. The summed E-state index contributed by atoms with van der Waals surface area (Å²) in [6.45, 7) is 6.40. The first-order valence-electron chi connectivity index (χ1n) is 5.87. The molecule has 0 aliphatic heterocycles. The molecule has 2 N–H and O–H groups in total. The van der Waals surface area contributed by atoms with Crippen LogP contribution in [-0.2, 0) is 5.41 Å². The molecule has 19 heavy (non-hydrogen) atoms. The molecule has 0 aromatic carbocycles. The van der Waals surface area contributed by atoms with E-state index in [2.05, 4.69) is 40.8 Å². The zero-order valence-electron chi connectivity index (χ0n) is 11.0. The second kappa shape index (κ2) is 3.99. The van der Waals surface area contributed by atoms with Gasteiger partial charge in [-0.15, -0.1) is 11.3 Å². The van der Waals surface area contributed by atoms with Crippen LogP contribution in [0, 0.1) is 0 Å². The van der Waals surface area contributed by atoms with Crippen LogP contribution in [0.5, 0.6) is 0 Å². The number of fused-ring (bicyclic) bond motifs is 1. The quantitative estimate of drug-likeness (QED) is 0.735. The highest BCUT2D eigenvalue weighted by molar-refractivity contribution is 7.12. The summed E-state index contributed by atoms with van der Waals surface area (Å²) in [4.78, 5) is 12.8. The van der Waals surface area contributed by atoms with Crippen LogP contribution in [-0.4, -0.2) is 24.7 Å². The molecule has 0 radical (unpaired) electrons. The van der Waals surface area contributed by atoms with Crippen molar-refractivity contribution in [3.05, 3.63) is 23.6 Å². The molecule has 0 saturated heterocycles. The molecule has 0 spiro atoms. The van der Waals surface area contributed by atoms with Gasteiger partial charge < -0.3 is 5.73 Å². The number of anilines is 1. The molecule has 3 aromatic heterocycles. The minimum absolute atomic E-state index is 0.0196. The Morgan fingerprint density at radius 1 is 1.26 bits per heavy atom. The number of nitrogens with zero attached hydrogens (tertiary/aromatic N) is 5. The smallest absolute Gasteiger partial charge is 0.212 e. The summed E-state index contributed by atoms with van der Waals surface area (Å²) >= 11 is 1.54. The number of hydrogen-bond acceptors (Lipinski definition) is 6. The molecule has 7 heteroatoms. The zero-order valence-corrected chi connectivity index (χ0v) is 11.8. The maximum absolute atomic E-state index is 5.80. The van der Waals surface area contributed by atoms with E-state index in [1.54, 1.807) is 22.2 Å². The highest BCUT2D eigenvalue weighted by Crippen LogP contribution is 2.27. The summed E-state index contributed by atoms with van der Waals surface area (Å²) in [7, 11) is 0. The second-order valence-electron chi connectivity index (χ2n) is 5.32. The predicted molar refractivity (Wildman–Crippen MR) is 75.4 cm³/mol. The summed E-state index contributed by atoms with van der Waals surface area (Å²) in [5, 5.41) is 7.89. The average molecular weight is 274 g/mol. The van der Waals surface area contributed by atoms with Gasteiger partial charge in [0, 0.05) is 10.8 Å². The Morgan fingerprint density at radius 3 is 2.74 bits per heavy atom. The van der Waals surface area contributed by atoms with Crippen LogP contribution in [0.3, 0.4) is 0 Å². The zero-order chi connectivity index (χ0) is 13.6. The van der Waals surface area contributed by atoms with Crippen LogP contribution in [0.2, 0.25) is 0 Å². The van der Waals surface area contributed by atoms with Gasteiger partial charge in [0.15, 0.2) is 5.65 Å². The minimum atomic E-state index is 0.0196. The number of nitrogen functional groups attached to an aromatic ring is 1. The van der Waals surface area contributed by atoms with Gasteiger partial charge in [0.1, 0.15) is 12.1 Å². The normalized spacial score (nSPS) is 12.2. The van der Waals surface area contributed by atoms with E-state index in [4.69, 9.17) is 5.73 Å². The van der Waals surface area contributed by atoms with Crippen molar-refractivity contribution in [1.29, 1.82) is 0 Å². The van der Waals surface area contributed by atoms with Crippen molar-refractivity contribution in [2.24, 2.45) is 0 Å². The second-order valence-corrected chi connectivity index (χ2v) is 6.15. The van der Waals surface area contributed by atoms with Crippen LogP contribution in [0.15, 0.2) is 17.9 Å². The molecule has 3 rings (SSSR count). The maximum atomic E-state index is 5.80. The monoisotopic (exact) mass is 274 g/mol. The van der Waals surface area contributed by atoms with Crippen LogP contribution < -0.4 is 5.73 Å². The third-order valence-corrected chi connectivity index (χ3v) is 3.65. The van der Waals surface area contributed by atoms with Gasteiger partial charge >= 0.3 is 0 Å². The van der Waals surface area contributed by atoms with E-state index in [1.165, 1.54) is 6.33 Å². The molecule has 3 aromatic rings. The van der Waals surface area contributed by atoms with Crippen molar-refractivity contribution in [3.63, 3.8) is 0 Å². The topological polar surface area (TPSA) is 82.5 Å². The SMILES string of the molecule is CC(C)(C)c1csc(-n2ncc3c(N)ncnc32)n1. The van der Waals surface area contributed by atoms with Crippen LogP contribution in [0.1, 0.15) is 26.5 Å². The number of aromatic nitrogens is 5. The summed E-state index contributed by atoms with van der Waals surface area (Å²) in [5.74, 6) is 0.434. The first kappa shape index (κ1) is 12.0. The highest BCUT2D eigenvalue weighted by Gasteiger charge is 2.19. The van der Waals surface area contributed by atoms with Gasteiger partial charge in [-0.2, -0.15) is 9.78 Å². The number of rotatable bonds is 1. The lowest BCUT2D eigenvalue weighted by Crippen LogP contribution is -2.11. The predicted octanol–water partition coefficient (Wildman–Crippen LogP) is 2.15. The van der Waals surface area contributed by atoms with E-state index < -0.39 is 0 Å². The van der Waals surface area contributed by atoms with Gasteiger partial charge in [-0.25, -0.2) is 15.0 Å². The van der Waals surface area contributed by atoms with Gasteiger partial charge in [-0.3, -0.25) is 0 Å². The Hall–Kier alpha value is -2.02. The van der Waals surface area contributed by atoms with Gasteiger partial charge in [-0.05, 0) is 0 Å². The summed E-state index contributed by atoms with van der Waals surface area (Å²) in [5.41, 5.74) is 7.54. The van der Waals surface area contributed by atoms with Gasteiger partial charge in [0.25, 0.3) is 0 Å². The third kappa shape index (κ3) is 1.95. The Labute approximate surface area is 114 Å². The van der Waals surface area contributed by atoms with Crippen molar-refractivity contribution >= 4 is 28.2 Å². The highest BCUT2D eigenvalue weighted by atomic mass is 32.1. The molecular formula is C12H14N6S. The lowest BCUT2D eigenvalue weighted by atomic mass is 9.93.